The topological polar surface area (TPSA) is 62.3 Å². The first kappa shape index (κ1) is 24.2. The van der Waals surface area contributed by atoms with Crippen molar-refractivity contribution in [2.24, 2.45) is 5.41 Å². The largest absolute Gasteiger partial charge is 0.301 e. The molecule has 1 aliphatic heterocycles. The Balaban J connectivity index is 1.50. The first-order valence-electron chi connectivity index (χ1n) is 11.7. The number of hydrogen-bond donors (Lipinski definition) is 1. The van der Waals surface area contributed by atoms with Gasteiger partial charge in [0.25, 0.3) is 0 Å². The second-order valence-electron chi connectivity index (χ2n) is 9.44. The molecule has 0 bridgehead atoms. The van der Waals surface area contributed by atoms with E-state index in [4.69, 9.17) is 4.98 Å². The van der Waals surface area contributed by atoms with Crippen LogP contribution >= 0.6 is 11.3 Å². The minimum Gasteiger partial charge on any atom is -0.301 e. The summed E-state index contributed by atoms with van der Waals surface area (Å²) >= 11 is 1.50. The predicted octanol–water partition coefficient (Wildman–Crippen LogP) is 6.17. The van der Waals surface area contributed by atoms with Crippen LogP contribution in [0.1, 0.15) is 54.8 Å². The number of piperidine rings is 1. The highest BCUT2D eigenvalue weighted by Gasteiger charge is 2.32. The Kier molecular flexibility index (Phi) is 7.54. The van der Waals surface area contributed by atoms with E-state index in [1.165, 1.54) is 54.9 Å². The number of halogens is 1. The Morgan fingerprint density at radius 1 is 1.03 bits per heavy atom. The molecular formula is C27H30FN3O2S. The number of Topliss-reactive ketones (excluding diaryl/α,β-unsaturated/α-hetero) is 1. The van der Waals surface area contributed by atoms with E-state index in [0.717, 1.165) is 35.8 Å². The van der Waals surface area contributed by atoms with Gasteiger partial charge in [0, 0.05) is 29.0 Å². The Hall–Kier alpha value is -2.90. The minimum absolute atomic E-state index is 0.0159. The number of ketones is 1. The Morgan fingerprint density at radius 3 is 2.38 bits per heavy atom. The second-order valence-corrected chi connectivity index (χ2v) is 10.5. The maximum Gasteiger partial charge on any atom is 0.232 e. The van der Waals surface area contributed by atoms with Crippen molar-refractivity contribution in [1.82, 2.24) is 9.88 Å². The Labute approximate surface area is 204 Å². The lowest BCUT2D eigenvalue weighted by atomic mass is 9.84. The lowest BCUT2D eigenvalue weighted by Crippen LogP contribution is -2.33. The van der Waals surface area contributed by atoms with Gasteiger partial charge in [0.1, 0.15) is 5.82 Å². The number of benzene rings is 2. The zero-order valence-electron chi connectivity index (χ0n) is 19.6. The number of likely N-dealkylation sites (tertiary alicyclic amines) is 1. The number of amides is 1. The van der Waals surface area contributed by atoms with E-state index >= 15 is 0 Å². The van der Waals surface area contributed by atoms with Crippen LogP contribution in [-0.2, 0) is 11.3 Å². The fourth-order valence-electron chi connectivity index (χ4n) is 4.14. The summed E-state index contributed by atoms with van der Waals surface area (Å²) in [6, 6.07) is 15.4. The van der Waals surface area contributed by atoms with Crippen LogP contribution in [0.5, 0.6) is 0 Å². The molecule has 0 radical (unpaired) electrons. The van der Waals surface area contributed by atoms with E-state index in [9.17, 15) is 14.0 Å². The molecule has 3 aromatic rings. The van der Waals surface area contributed by atoms with Crippen LogP contribution in [0.2, 0.25) is 0 Å². The number of carbonyl (C=O) groups excluding carboxylic acids is 2. The SMILES string of the molecule is CC(C)(CC(=O)c1ccc(F)cc1)C(=O)Nc1nc(-c2ccccc2)c(CN2CCCCC2)s1. The molecule has 5 nitrogen and oxygen atoms in total. The van der Waals surface area contributed by atoms with Crippen LogP contribution in [0.4, 0.5) is 9.52 Å². The lowest BCUT2D eigenvalue weighted by Gasteiger charge is -2.26. The summed E-state index contributed by atoms with van der Waals surface area (Å²) in [4.78, 5) is 34.2. The van der Waals surface area contributed by atoms with Crippen LogP contribution in [0.25, 0.3) is 11.3 Å². The second kappa shape index (κ2) is 10.6. The standard InChI is InChI=1S/C27H30FN3O2S/c1-27(2,17-22(32)19-11-13-21(28)14-12-19)25(33)30-26-29-24(20-9-5-3-6-10-20)23(34-26)18-31-15-7-4-8-16-31/h3,5-6,9-14H,4,7-8,15-18H2,1-2H3,(H,29,30,33). The van der Waals surface area contributed by atoms with E-state index in [1.54, 1.807) is 13.8 Å². The summed E-state index contributed by atoms with van der Waals surface area (Å²) in [5.74, 6) is -0.859. The summed E-state index contributed by atoms with van der Waals surface area (Å²) < 4.78 is 13.2. The smallest absolute Gasteiger partial charge is 0.232 e. The summed E-state index contributed by atoms with van der Waals surface area (Å²) in [5.41, 5.74) is 1.37. The third-order valence-electron chi connectivity index (χ3n) is 6.16. The van der Waals surface area contributed by atoms with Gasteiger partial charge in [-0.3, -0.25) is 14.5 Å². The van der Waals surface area contributed by atoms with Crippen molar-refractivity contribution in [3.05, 3.63) is 70.9 Å². The molecule has 2 heterocycles. The van der Waals surface area contributed by atoms with E-state index in [1.807, 2.05) is 30.3 Å². The summed E-state index contributed by atoms with van der Waals surface area (Å²) in [7, 11) is 0. The number of carbonyl (C=O) groups is 2. The number of thiazole rings is 1. The number of nitrogens with one attached hydrogen (secondary N) is 1. The third kappa shape index (κ3) is 5.96. The Bertz CT molecular complexity index is 1140. The van der Waals surface area contributed by atoms with E-state index in [0.29, 0.717) is 10.7 Å². The fourth-order valence-corrected chi connectivity index (χ4v) is 5.16. The van der Waals surface area contributed by atoms with Crippen molar-refractivity contribution < 1.29 is 14.0 Å². The summed E-state index contributed by atoms with van der Waals surface area (Å²) in [5, 5.41) is 3.49. The zero-order chi connectivity index (χ0) is 24.1. The lowest BCUT2D eigenvalue weighted by molar-refractivity contribution is -0.123. The average molecular weight is 480 g/mol. The Morgan fingerprint density at radius 2 is 1.71 bits per heavy atom. The molecular weight excluding hydrogens is 449 g/mol. The van der Waals surface area contributed by atoms with Crippen LogP contribution in [0.3, 0.4) is 0 Å². The quantitative estimate of drug-likeness (QED) is 0.392. The molecule has 0 aliphatic carbocycles. The van der Waals surface area contributed by atoms with Crippen LogP contribution < -0.4 is 5.32 Å². The molecule has 1 aromatic heterocycles. The van der Waals surface area contributed by atoms with Gasteiger partial charge in [-0.2, -0.15) is 0 Å². The molecule has 1 fully saturated rings. The number of rotatable bonds is 8. The number of nitrogens with zero attached hydrogens (tertiary/aromatic N) is 2. The summed E-state index contributed by atoms with van der Waals surface area (Å²) in [6.07, 6.45) is 3.71. The van der Waals surface area contributed by atoms with Gasteiger partial charge in [-0.15, -0.1) is 0 Å². The highest BCUT2D eigenvalue weighted by atomic mass is 32.1. The maximum atomic E-state index is 13.2. The molecule has 178 valence electrons. The first-order chi connectivity index (χ1) is 16.3. The molecule has 2 aromatic carbocycles. The molecule has 34 heavy (non-hydrogen) atoms. The molecule has 0 atom stereocenters. The number of anilines is 1. The highest BCUT2D eigenvalue weighted by molar-refractivity contribution is 7.16. The van der Waals surface area contributed by atoms with E-state index < -0.39 is 11.2 Å². The van der Waals surface area contributed by atoms with Gasteiger partial charge in [-0.25, -0.2) is 9.37 Å². The molecule has 7 heteroatoms. The first-order valence-corrected chi connectivity index (χ1v) is 12.5. The van der Waals surface area contributed by atoms with Gasteiger partial charge in [-0.1, -0.05) is 61.9 Å². The van der Waals surface area contributed by atoms with Gasteiger partial charge < -0.3 is 5.32 Å². The molecule has 0 saturated carbocycles. The minimum atomic E-state index is -0.947. The number of aromatic nitrogens is 1. The summed E-state index contributed by atoms with van der Waals surface area (Å²) in [6.45, 7) is 6.44. The van der Waals surface area contributed by atoms with Gasteiger partial charge in [-0.05, 0) is 50.2 Å². The van der Waals surface area contributed by atoms with Gasteiger partial charge >= 0.3 is 0 Å². The van der Waals surface area contributed by atoms with E-state index in [-0.39, 0.29) is 18.1 Å². The van der Waals surface area contributed by atoms with Gasteiger partial charge in [0.05, 0.1) is 11.1 Å². The number of hydrogen-bond acceptors (Lipinski definition) is 5. The zero-order valence-corrected chi connectivity index (χ0v) is 20.5. The van der Waals surface area contributed by atoms with Crippen molar-refractivity contribution in [3.8, 4) is 11.3 Å². The van der Waals surface area contributed by atoms with Gasteiger partial charge in [0.15, 0.2) is 10.9 Å². The van der Waals surface area contributed by atoms with Crippen LogP contribution in [-0.4, -0.2) is 34.7 Å². The van der Waals surface area contributed by atoms with Crippen LogP contribution in [0.15, 0.2) is 54.6 Å². The van der Waals surface area contributed by atoms with Crippen molar-refractivity contribution in [2.75, 3.05) is 18.4 Å². The maximum absolute atomic E-state index is 13.2. The third-order valence-corrected chi connectivity index (χ3v) is 7.12. The van der Waals surface area contributed by atoms with Crippen molar-refractivity contribution in [3.63, 3.8) is 0 Å². The predicted molar refractivity (Wildman–Crippen MR) is 134 cm³/mol. The van der Waals surface area contributed by atoms with Crippen molar-refractivity contribution in [2.45, 2.75) is 46.1 Å². The van der Waals surface area contributed by atoms with Crippen molar-refractivity contribution in [1.29, 1.82) is 0 Å². The monoisotopic (exact) mass is 479 g/mol. The normalized spacial score (nSPS) is 14.7. The van der Waals surface area contributed by atoms with E-state index in [2.05, 4.69) is 10.2 Å². The molecule has 4 rings (SSSR count). The van der Waals surface area contributed by atoms with Gasteiger partial charge in [0.2, 0.25) is 5.91 Å². The molecule has 1 saturated heterocycles. The van der Waals surface area contributed by atoms with Crippen LogP contribution in [0, 0.1) is 11.2 Å². The molecule has 1 N–H and O–H groups in total. The molecule has 0 unspecified atom stereocenters. The molecule has 1 amide bonds. The fraction of sp³-hybridized carbons (Fsp3) is 0.370. The average Bonchev–Trinajstić information content (AvgIpc) is 3.22. The molecule has 1 aliphatic rings. The highest BCUT2D eigenvalue weighted by Crippen LogP contribution is 2.34. The molecule has 0 spiro atoms. The van der Waals surface area contributed by atoms with Crippen molar-refractivity contribution >= 4 is 28.2 Å².